The van der Waals surface area contributed by atoms with Crippen LogP contribution in [0.25, 0.3) is 11.1 Å². The highest BCUT2D eigenvalue weighted by atomic mass is 35.5. The zero-order valence-corrected chi connectivity index (χ0v) is 31.4. The molecule has 1 aromatic heterocycles. The van der Waals surface area contributed by atoms with Gasteiger partial charge in [-0.25, -0.2) is 0 Å². The van der Waals surface area contributed by atoms with E-state index in [0.717, 1.165) is 79.7 Å². The number of piperidine rings is 1. The van der Waals surface area contributed by atoms with E-state index in [4.69, 9.17) is 25.8 Å². The lowest BCUT2D eigenvalue weighted by molar-refractivity contribution is -0.142. The number of aliphatic hydroxyl groups excluding tert-OH is 2. The van der Waals surface area contributed by atoms with Gasteiger partial charge in [-0.1, -0.05) is 41.9 Å². The number of fused-ring (bicyclic) bond motifs is 1. The van der Waals surface area contributed by atoms with Gasteiger partial charge >= 0.3 is 5.97 Å². The lowest BCUT2D eigenvalue weighted by Crippen LogP contribution is -2.44. The van der Waals surface area contributed by atoms with E-state index in [0.29, 0.717) is 39.8 Å². The fourth-order valence-corrected chi connectivity index (χ4v) is 7.46. The van der Waals surface area contributed by atoms with Crippen molar-refractivity contribution in [3.63, 3.8) is 0 Å². The number of benzene rings is 3. The summed E-state index contributed by atoms with van der Waals surface area (Å²) in [6.45, 7) is 7.09. The molecule has 3 aromatic carbocycles. The first kappa shape index (κ1) is 39.0. The SMILES string of the molecule is Cc1c(OCCCN2CCC(O)CC2)cccc1-c1cccc2c1CC[C@@H]2Oc1cc(OCc2cncc(C#N)c2)c(CNC(C(=O)O)C(C)O)cc1Cl. The van der Waals surface area contributed by atoms with Gasteiger partial charge in [0.25, 0.3) is 0 Å². The Morgan fingerprint density at radius 3 is 2.59 bits per heavy atom. The summed E-state index contributed by atoms with van der Waals surface area (Å²) in [5.74, 6) is 0.517. The van der Waals surface area contributed by atoms with Gasteiger partial charge < -0.3 is 34.4 Å². The van der Waals surface area contributed by atoms with Crippen LogP contribution in [-0.2, 0) is 24.4 Å². The van der Waals surface area contributed by atoms with Crippen molar-refractivity contribution < 1.29 is 34.3 Å². The van der Waals surface area contributed by atoms with E-state index in [1.807, 2.05) is 18.2 Å². The van der Waals surface area contributed by atoms with Crippen molar-refractivity contribution in [2.45, 2.75) is 83.5 Å². The average Bonchev–Trinajstić information content (AvgIpc) is 3.58. The zero-order chi connectivity index (χ0) is 38.2. The molecule has 1 aliphatic carbocycles. The van der Waals surface area contributed by atoms with E-state index in [1.54, 1.807) is 24.4 Å². The number of nitriles is 1. The van der Waals surface area contributed by atoms with Crippen LogP contribution in [0.4, 0.5) is 0 Å². The number of ether oxygens (including phenoxy) is 3. The second-order valence-corrected chi connectivity index (χ2v) is 14.4. The molecule has 2 unspecified atom stereocenters. The molecule has 0 amide bonds. The number of aliphatic hydroxyl groups is 2. The molecule has 0 radical (unpaired) electrons. The molecule has 54 heavy (non-hydrogen) atoms. The van der Waals surface area contributed by atoms with Crippen LogP contribution in [0.3, 0.4) is 0 Å². The Bertz CT molecular complexity index is 1970. The minimum Gasteiger partial charge on any atom is -0.493 e. The van der Waals surface area contributed by atoms with E-state index < -0.39 is 18.1 Å². The molecule has 1 saturated heterocycles. The number of likely N-dealkylation sites (tertiary alicyclic amines) is 1. The van der Waals surface area contributed by atoms with Gasteiger partial charge in [0, 0.05) is 55.8 Å². The van der Waals surface area contributed by atoms with Gasteiger partial charge in [0.15, 0.2) is 0 Å². The summed E-state index contributed by atoms with van der Waals surface area (Å²) in [6.07, 6.45) is 5.65. The van der Waals surface area contributed by atoms with Crippen LogP contribution in [0.5, 0.6) is 17.2 Å². The minimum absolute atomic E-state index is 0.0505. The lowest BCUT2D eigenvalue weighted by atomic mass is 9.93. The number of carbonyl (C=O) groups is 1. The monoisotopic (exact) mass is 754 g/mol. The molecule has 11 nitrogen and oxygen atoms in total. The van der Waals surface area contributed by atoms with Crippen LogP contribution >= 0.6 is 11.6 Å². The Balaban J connectivity index is 1.19. The highest BCUT2D eigenvalue weighted by Crippen LogP contribution is 2.44. The Morgan fingerprint density at radius 2 is 1.83 bits per heavy atom. The molecule has 0 saturated carbocycles. The predicted octanol–water partition coefficient (Wildman–Crippen LogP) is 6.38. The molecule has 0 spiro atoms. The summed E-state index contributed by atoms with van der Waals surface area (Å²) in [6, 6.07) is 18.4. The van der Waals surface area contributed by atoms with Gasteiger partial charge in [-0.2, -0.15) is 5.26 Å². The molecule has 4 aromatic rings. The number of hydrogen-bond acceptors (Lipinski definition) is 10. The minimum atomic E-state index is -1.20. The number of carboxylic acids is 1. The third kappa shape index (κ3) is 9.50. The number of hydrogen-bond donors (Lipinski definition) is 4. The zero-order valence-electron chi connectivity index (χ0n) is 30.6. The number of halogens is 1. The smallest absolute Gasteiger partial charge is 0.323 e. The van der Waals surface area contributed by atoms with Crippen molar-refractivity contribution in [3.05, 3.63) is 105 Å². The van der Waals surface area contributed by atoms with Gasteiger partial charge in [0.05, 0.1) is 29.4 Å². The maximum Gasteiger partial charge on any atom is 0.323 e. The van der Waals surface area contributed by atoms with E-state index in [1.165, 1.54) is 18.7 Å². The normalized spacial score (nSPS) is 17.0. The Morgan fingerprint density at radius 1 is 1.06 bits per heavy atom. The lowest BCUT2D eigenvalue weighted by Gasteiger charge is -2.29. The molecular weight excluding hydrogens is 708 g/mol. The fourth-order valence-electron chi connectivity index (χ4n) is 7.23. The van der Waals surface area contributed by atoms with Crippen LogP contribution in [0, 0.1) is 18.3 Å². The standard InChI is InChI=1S/C42H47ClN4O7/c1-26-32(6-4-9-37(26)52-17-5-14-47-15-12-31(49)13-16-47)33-7-3-8-35-34(33)10-11-38(35)54-40-20-39(53-25-29-18-28(21-44)22-45-23-29)30(19-36(40)43)24-46-41(27(2)48)42(50)51/h3-4,6-9,18-20,22-23,27,31,38,41,46,48-49H,5,10-17,24-25H2,1-2H3,(H,50,51)/t27?,38-,41?/m0/s1. The molecule has 1 aliphatic heterocycles. The van der Waals surface area contributed by atoms with Crippen LogP contribution in [0.2, 0.25) is 5.02 Å². The number of carboxylic acid groups (broad SMARTS) is 1. The predicted molar refractivity (Wildman–Crippen MR) is 205 cm³/mol. The molecule has 2 heterocycles. The summed E-state index contributed by atoms with van der Waals surface area (Å²) in [7, 11) is 0. The molecule has 3 atom stereocenters. The Kier molecular flexibility index (Phi) is 13.1. The van der Waals surface area contributed by atoms with Gasteiger partial charge in [-0.05, 0) is 92.0 Å². The number of aromatic nitrogens is 1. The van der Waals surface area contributed by atoms with Crippen molar-refractivity contribution >= 4 is 17.6 Å². The summed E-state index contributed by atoms with van der Waals surface area (Å²) < 4.78 is 19.1. The quantitative estimate of drug-likeness (QED) is 0.0942. The van der Waals surface area contributed by atoms with E-state index in [-0.39, 0.29) is 25.4 Å². The molecule has 6 rings (SSSR count). The Labute approximate surface area is 321 Å². The number of nitrogens with zero attached hydrogens (tertiary/aromatic N) is 3. The third-order valence-electron chi connectivity index (χ3n) is 10.2. The second kappa shape index (κ2) is 18.1. The maximum atomic E-state index is 11.7. The van der Waals surface area contributed by atoms with Crippen molar-refractivity contribution in [1.82, 2.24) is 15.2 Å². The largest absolute Gasteiger partial charge is 0.493 e. The van der Waals surface area contributed by atoms with Crippen molar-refractivity contribution in [2.75, 3.05) is 26.2 Å². The molecule has 12 heteroatoms. The summed E-state index contributed by atoms with van der Waals surface area (Å²) in [4.78, 5) is 18.3. The van der Waals surface area contributed by atoms with Crippen LogP contribution in [0.15, 0.2) is 67.0 Å². The first-order chi connectivity index (χ1) is 26.1. The highest BCUT2D eigenvalue weighted by molar-refractivity contribution is 6.32. The van der Waals surface area contributed by atoms with Crippen LogP contribution in [-0.4, -0.2) is 75.7 Å². The number of pyridine rings is 1. The first-order valence-corrected chi connectivity index (χ1v) is 18.8. The third-order valence-corrected chi connectivity index (χ3v) is 10.5. The van der Waals surface area contributed by atoms with Crippen molar-refractivity contribution in [1.29, 1.82) is 5.26 Å². The van der Waals surface area contributed by atoms with Gasteiger partial charge in [-0.3, -0.25) is 15.1 Å². The van der Waals surface area contributed by atoms with Crippen molar-refractivity contribution in [2.24, 2.45) is 0 Å². The van der Waals surface area contributed by atoms with Gasteiger partial charge in [-0.15, -0.1) is 0 Å². The van der Waals surface area contributed by atoms with Gasteiger partial charge in [0.1, 0.15) is 42.1 Å². The molecule has 0 bridgehead atoms. The summed E-state index contributed by atoms with van der Waals surface area (Å²) in [5, 5.41) is 41.9. The average molecular weight is 755 g/mol. The second-order valence-electron chi connectivity index (χ2n) is 14.0. The van der Waals surface area contributed by atoms with E-state index >= 15 is 0 Å². The van der Waals surface area contributed by atoms with E-state index in [2.05, 4.69) is 46.4 Å². The van der Waals surface area contributed by atoms with Crippen LogP contribution in [0.1, 0.15) is 72.1 Å². The first-order valence-electron chi connectivity index (χ1n) is 18.5. The molecule has 2 aliphatic rings. The Hall–Kier alpha value is -4.70. The molecule has 4 N–H and O–H groups in total. The number of rotatable bonds is 16. The van der Waals surface area contributed by atoms with Gasteiger partial charge in [0.2, 0.25) is 0 Å². The molecule has 284 valence electrons. The summed E-state index contributed by atoms with van der Waals surface area (Å²) in [5.41, 5.74) is 7.29. The highest BCUT2D eigenvalue weighted by Gasteiger charge is 2.29. The number of aliphatic carboxylic acids is 1. The molecule has 1 fully saturated rings. The molecular formula is C42H47ClN4O7. The van der Waals surface area contributed by atoms with Crippen LogP contribution < -0.4 is 19.5 Å². The van der Waals surface area contributed by atoms with Crippen molar-refractivity contribution in [3.8, 4) is 34.4 Å². The number of nitrogens with one attached hydrogen (secondary N) is 1. The van der Waals surface area contributed by atoms with E-state index in [9.17, 15) is 25.4 Å². The maximum absolute atomic E-state index is 11.7. The topological polar surface area (TPSA) is 157 Å². The summed E-state index contributed by atoms with van der Waals surface area (Å²) >= 11 is 6.82. The fraction of sp³-hybridized carbons (Fsp3) is 0.405.